The van der Waals surface area contributed by atoms with Crippen LogP contribution < -0.4 is 0 Å². The van der Waals surface area contributed by atoms with Crippen molar-refractivity contribution in [2.75, 3.05) is 0 Å². The summed E-state index contributed by atoms with van der Waals surface area (Å²) in [5.74, 6) is 0. The fraction of sp³-hybridized carbons (Fsp3) is 0.0769. The maximum absolute atomic E-state index is 4.39. The standard InChI is InChI=1S/C13H10N2/c1-9-12-10(4-2-6-14-12)8-11-5-3-7-15-13(9)11/h2-8H,1H3. The summed E-state index contributed by atoms with van der Waals surface area (Å²) in [6, 6.07) is 10.2. The highest BCUT2D eigenvalue weighted by Crippen LogP contribution is 2.24. The SMILES string of the molecule is Cc1c2ncccc2cc2cccnc12. The molecule has 72 valence electrons. The lowest BCUT2D eigenvalue weighted by Gasteiger charge is -2.04. The molecule has 0 spiro atoms. The molecule has 2 heterocycles. The molecule has 0 aliphatic carbocycles. The maximum atomic E-state index is 4.39. The van der Waals surface area contributed by atoms with Gasteiger partial charge in [0.05, 0.1) is 11.0 Å². The van der Waals surface area contributed by atoms with Crippen molar-refractivity contribution in [2.45, 2.75) is 6.92 Å². The van der Waals surface area contributed by atoms with Crippen LogP contribution in [0.25, 0.3) is 21.8 Å². The first-order chi connectivity index (χ1) is 7.36. The van der Waals surface area contributed by atoms with E-state index in [4.69, 9.17) is 0 Å². The van der Waals surface area contributed by atoms with Crippen LogP contribution in [0.15, 0.2) is 42.7 Å². The lowest BCUT2D eigenvalue weighted by atomic mass is 10.1. The average molecular weight is 194 g/mol. The number of pyridine rings is 2. The minimum Gasteiger partial charge on any atom is -0.256 e. The van der Waals surface area contributed by atoms with Gasteiger partial charge in [-0.3, -0.25) is 9.97 Å². The molecule has 0 N–H and O–H groups in total. The smallest absolute Gasteiger partial charge is 0.0753 e. The Balaban J connectivity index is 2.60. The van der Waals surface area contributed by atoms with Gasteiger partial charge in [0.15, 0.2) is 0 Å². The molecule has 0 atom stereocenters. The van der Waals surface area contributed by atoms with Crippen molar-refractivity contribution in [2.24, 2.45) is 0 Å². The number of rotatable bonds is 0. The van der Waals surface area contributed by atoms with Crippen LogP contribution >= 0.6 is 0 Å². The van der Waals surface area contributed by atoms with Crippen molar-refractivity contribution < 1.29 is 0 Å². The van der Waals surface area contributed by atoms with Crippen LogP contribution in [0.4, 0.5) is 0 Å². The van der Waals surface area contributed by atoms with E-state index in [9.17, 15) is 0 Å². The van der Waals surface area contributed by atoms with E-state index in [1.807, 2.05) is 24.5 Å². The number of aryl methyl sites for hydroxylation is 1. The van der Waals surface area contributed by atoms with Crippen molar-refractivity contribution in [3.8, 4) is 0 Å². The number of fused-ring (bicyclic) bond motifs is 2. The molecular formula is C13H10N2. The number of benzene rings is 1. The van der Waals surface area contributed by atoms with Crippen molar-refractivity contribution >= 4 is 21.8 Å². The summed E-state index contributed by atoms with van der Waals surface area (Å²) in [5, 5.41) is 2.35. The van der Waals surface area contributed by atoms with Crippen molar-refractivity contribution in [1.82, 2.24) is 9.97 Å². The van der Waals surface area contributed by atoms with Gasteiger partial charge in [-0.2, -0.15) is 0 Å². The first kappa shape index (κ1) is 8.36. The lowest BCUT2D eigenvalue weighted by Crippen LogP contribution is -1.87. The minimum atomic E-state index is 1.05. The van der Waals surface area contributed by atoms with Gasteiger partial charge in [0.1, 0.15) is 0 Å². The summed E-state index contributed by atoms with van der Waals surface area (Å²) in [4.78, 5) is 8.78. The molecule has 3 rings (SSSR count). The summed E-state index contributed by atoms with van der Waals surface area (Å²) >= 11 is 0. The van der Waals surface area contributed by atoms with Crippen LogP contribution in [0.5, 0.6) is 0 Å². The zero-order chi connectivity index (χ0) is 10.3. The average Bonchev–Trinajstić information content (AvgIpc) is 2.30. The molecule has 0 aliphatic heterocycles. The monoisotopic (exact) mass is 194 g/mol. The van der Waals surface area contributed by atoms with Crippen molar-refractivity contribution in [3.05, 3.63) is 48.3 Å². The number of hydrogen-bond acceptors (Lipinski definition) is 2. The van der Waals surface area contributed by atoms with Gasteiger partial charge in [0.25, 0.3) is 0 Å². The Morgan fingerprint density at radius 3 is 1.93 bits per heavy atom. The Labute approximate surface area is 87.6 Å². The van der Waals surface area contributed by atoms with Gasteiger partial charge in [0, 0.05) is 28.7 Å². The van der Waals surface area contributed by atoms with Gasteiger partial charge in [-0.1, -0.05) is 12.1 Å². The molecule has 0 radical (unpaired) electrons. The predicted molar refractivity (Wildman–Crippen MR) is 61.8 cm³/mol. The number of hydrogen-bond donors (Lipinski definition) is 0. The van der Waals surface area contributed by atoms with Crippen LogP contribution in [0.2, 0.25) is 0 Å². The van der Waals surface area contributed by atoms with E-state index in [0.717, 1.165) is 16.6 Å². The van der Waals surface area contributed by atoms with E-state index >= 15 is 0 Å². The molecule has 15 heavy (non-hydrogen) atoms. The Morgan fingerprint density at radius 2 is 1.40 bits per heavy atom. The maximum Gasteiger partial charge on any atom is 0.0753 e. The molecule has 2 nitrogen and oxygen atoms in total. The first-order valence-electron chi connectivity index (χ1n) is 4.95. The quantitative estimate of drug-likeness (QED) is 0.514. The molecule has 1 aromatic carbocycles. The molecule has 0 saturated heterocycles. The summed E-state index contributed by atoms with van der Waals surface area (Å²) < 4.78 is 0. The molecule has 0 amide bonds. The highest BCUT2D eigenvalue weighted by Gasteiger charge is 2.04. The van der Waals surface area contributed by atoms with Crippen molar-refractivity contribution in [3.63, 3.8) is 0 Å². The highest BCUT2D eigenvalue weighted by molar-refractivity contribution is 5.98. The van der Waals surface area contributed by atoms with Crippen LogP contribution in [-0.2, 0) is 0 Å². The third kappa shape index (κ3) is 1.18. The zero-order valence-electron chi connectivity index (χ0n) is 8.44. The molecule has 0 bridgehead atoms. The second kappa shape index (κ2) is 3.02. The summed E-state index contributed by atoms with van der Waals surface area (Å²) in [7, 11) is 0. The topological polar surface area (TPSA) is 25.8 Å². The normalized spacial score (nSPS) is 11.0. The largest absolute Gasteiger partial charge is 0.256 e. The van der Waals surface area contributed by atoms with Gasteiger partial charge >= 0.3 is 0 Å². The van der Waals surface area contributed by atoms with Gasteiger partial charge in [0.2, 0.25) is 0 Å². The van der Waals surface area contributed by atoms with Crippen LogP contribution in [0, 0.1) is 6.92 Å². The molecule has 0 fully saturated rings. The van der Waals surface area contributed by atoms with E-state index < -0.39 is 0 Å². The molecular weight excluding hydrogens is 184 g/mol. The Bertz CT molecular complexity index is 590. The number of aromatic nitrogens is 2. The number of nitrogens with zero attached hydrogens (tertiary/aromatic N) is 2. The zero-order valence-corrected chi connectivity index (χ0v) is 8.44. The second-order valence-electron chi connectivity index (χ2n) is 3.65. The molecule has 0 unspecified atom stereocenters. The van der Waals surface area contributed by atoms with Gasteiger partial charge < -0.3 is 0 Å². The fourth-order valence-corrected chi connectivity index (χ4v) is 1.97. The highest BCUT2D eigenvalue weighted by atomic mass is 14.7. The van der Waals surface area contributed by atoms with E-state index in [1.165, 1.54) is 10.8 Å². The van der Waals surface area contributed by atoms with E-state index in [0.29, 0.717) is 0 Å². The van der Waals surface area contributed by atoms with E-state index in [2.05, 4.69) is 35.1 Å². The predicted octanol–water partition coefficient (Wildman–Crippen LogP) is 3.09. The summed E-state index contributed by atoms with van der Waals surface area (Å²) in [6.07, 6.45) is 3.65. The lowest BCUT2D eigenvalue weighted by molar-refractivity contribution is 1.34. The Hall–Kier alpha value is -1.96. The van der Waals surface area contributed by atoms with Gasteiger partial charge in [-0.15, -0.1) is 0 Å². The van der Waals surface area contributed by atoms with Crippen LogP contribution in [0.3, 0.4) is 0 Å². The van der Waals surface area contributed by atoms with E-state index in [-0.39, 0.29) is 0 Å². The molecule has 2 heteroatoms. The second-order valence-corrected chi connectivity index (χ2v) is 3.65. The first-order valence-corrected chi connectivity index (χ1v) is 4.95. The minimum absolute atomic E-state index is 1.05. The van der Waals surface area contributed by atoms with Crippen LogP contribution in [0.1, 0.15) is 5.56 Å². The van der Waals surface area contributed by atoms with Gasteiger partial charge in [-0.25, -0.2) is 0 Å². The van der Waals surface area contributed by atoms with Gasteiger partial charge in [-0.05, 0) is 25.1 Å². The third-order valence-electron chi connectivity index (χ3n) is 2.70. The fourth-order valence-electron chi connectivity index (χ4n) is 1.97. The summed E-state index contributed by atoms with van der Waals surface area (Å²) in [6.45, 7) is 2.07. The molecule has 2 aromatic heterocycles. The van der Waals surface area contributed by atoms with E-state index in [1.54, 1.807) is 0 Å². The summed E-state index contributed by atoms with van der Waals surface area (Å²) in [5.41, 5.74) is 3.25. The van der Waals surface area contributed by atoms with Crippen LogP contribution in [-0.4, -0.2) is 9.97 Å². The molecule has 3 aromatic rings. The van der Waals surface area contributed by atoms with Crippen molar-refractivity contribution in [1.29, 1.82) is 0 Å². The molecule has 0 aliphatic rings. The molecule has 0 saturated carbocycles. The Morgan fingerprint density at radius 1 is 0.867 bits per heavy atom. The third-order valence-corrected chi connectivity index (χ3v) is 2.70. The Kier molecular flexibility index (Phi) is 1.68.